The zero-order valence-electron chi connectivity index (χ0n) is 13.8. The molecule has 1 atom stereocenters. The van der Waals surface area contributed by atoms with E-state index in [-0.39, 0.29) is 17.6 Å². The fraction of sp³-hybridized carbons (Fsp3) is 0.368. The van der Waals surface area contributed by atoms with Gasteiger partial charge < -0.3 is 0 Å². The normalized spacial score (nSPS) is 19.7. The third kappa shape index (κ3) is 3.84. The second-order valence-electron chi connectivity index (χ2n) is 6.30. The molecule has 1 saturated heterocycles. The van der Waals surface area contributed by atoms with Crippen LogP contribution in [0.2, 0.25) is 0 Å². The first-order chi connectivity index (χ1) is 11.5. The summed E-state index contributed by atoms with van der Waals surface area (Å²) in [6, 6.07) is 14.7. The Morgan fingerprint density at radius 2 is 1.83 bits per heavy atom. The van der Waals surface area contributed by atoms with Gasteiger partial charge in [0.05, 0.1) is 11.5 Å². The van der Waals surface area contributed by atoms with Gasteiger partial charge in [-0.1, -0.05) is 49.4 Å². The second kappa shape index (κ2) is 7.03. The van der Waals surface area contributed by atoms with Crippen molar-refractivity contribution in [1.82, 2.24) is 4.90 Å². The molecule has 0 bridgehead atoms. The van der Waals surface area contributed by atoms with Crippen molar-refractivity contribution in [2.24, 2.45) is 0 Å². The number of sulfone groups is 1. The van der Waals surface area contributed by atoms with Gasteiger partial charge in [0, 0.05) is 18.2 Å². The summed E-state index contributed by atoms with van der Waals surface area (Å²) < 4.78 is 37.2. The van der Waals surface area contributed by atoms with Crippen LogP contribution in [0.4, 0.5) is 4.39 Å². The van der Waals surface area contributed by atoms with Gasteiger partial charge in [-0.3, -0.25) is 4.90 Å². The summed E-state index contributed by atoms with van der Waals surface area (Å²) in [6.45, 7) is 3.59. The lowest BCUT2D eigenvalue weighted by atomic mass is 10.0. The molecule has 1 heterocycles. The van der Waals surface area contributed by atoms with Gasteiger partial charge in [-0.15, -0.1) is 0 Å². The summed E-state index contributed by atoms with van der Waals surface area (Å²) in [6.07, 6.45) is 0.712. The van der Waals surface area contributed by atoms with Crippen molar-refractivity contribution in [3.63, 3.8) is 0 Å². The lowest BCUT2D eigenvalue weighted by Crippen LogP contribution is -2.35. The van der Waals surface area contributed by atoms with Crippen LogP contribution in [-0.4, -0.2) is 37.4 Å². The van der Waals surface area contributed by atoms with Gasteiger partial charge in [0.1, 0.15) is 5.82 Å². The lowest BCUT2D eigenvalue weighted by molar-refractivity contribution is 0.215. The number of nitrogens with zero attached hydrogens (tertiary/aromatic N) is 1. The fourth-order valence-corrected chi connectivity index (χ4v) is 5.04. The van der Waals surface area contributed by atoms with Crippen LogP contribution in [0.5, 0.6) is 0 Å². The zero-order valence-corrected chi connectivity index (χ0v) is 14.6. The molecule has 0 radical (unpaired) electrons. The average molecular weight is 347 g/mol. The monoisotopic (exact) mass is 347 g/mol. The Morgan fingerprint density at radius 3 is 2.42 bits per heavy atom. The van der Waals surface area contributed by atoms with Crippen LogP contribution in [0.1, 0.15) is 18.9 Å². The first kappa shape index (κ1) is 17.1. The maximum Gasteiger partial charge on any atom is 0.151 e. The van der Waals surface area contributed by atoms with Crippen LogP contribution in [0.25, 0.3) is 11.1 Å². The quantitative estimate of drug-likeness (QED) is 0.831. The van der Waals surface area contributed by atoms with Crippen molar-refractivity contribution in [2.75, 3.05) is 18.1 Å². The first-order valence-corrected chi connectivity index (χ1v) is 10.1. The van der Waals surface area contributed by atoms with Crippen molar-refractivity contribution in [2.45, 2.75) is 25.9 Å². The SMILES string of the molecule is CCN(Cc1ccc(-c2ccccc2F)cc1)[C@@H]1CCS(=O)(=O)C1. The van der Waals surface area contributed by atoms with E-state index >= 15 is 0 Å². The molecule has 1 aliphatic rings. The van der Waals surface area contributed by atoms with Gasteiger partial charge in [-0.2, -0.15) is 0 Å². The molecule has 2 aromatic carbocycles. The van der Waals surface area contributed by atoms with Crippen LogP contribution in [-0.2, 0) is 16.4 Å². The first-order valence-electron chi connectivity index (χ1n) is 8.27. The van der Waals surface area contributed by atoms with Gasteiger partial charge in [0.2, 0.25) is 0 Å². The Morgan fingerprint density at radius 1 is 1.12 bits per heavy atom. The molecule has 2 aromatic rings. The highest BCUT2D eigenvalue weighted by molar-refractivity contribution is 7.91. The van der Waals surface area contributed by atoms with Gasteiger partial charge in [-0.05, 0) is 30.2 Å². The molecule has 128 valence electrons. The second-order valence-corrected chi connectivity index (χ2v) is 8.53. The summed E-state index contributed by atoms with van der Waals surface area (Å²) in [7, 11) is -2.87. The molecule has 24 heavy (non-hydrogen) atoms. The summed E-state index contributed by atoms with van der Waals surface area (Å²) in [5, 5.41) is 0. The fourth-order valence-electron chi connectivity index (χ4n) is 3.28. The highest BCUT2D eigenvalue weighted by atomic mass is 32.2. The molecule has 0 amide bonds. The molecule has 0 aliphatic carbocycles. The van der Waals surface area contributed by atoms with Crippen LogP contribution < -0.4 is 0 Å². The summed E-state index contributed by atoms with van der Waals surface area (Å²) in [5.41, 5.74) is 2.56. The highest BCUT2D eigenvalue weighted by Crippen LogP contribution is 2.24. The molecule has 0 spiro atoms. The van der Waals surface area contributed by atoms with Crippen molar-refractivity contribution in [1.29, 1.82) is 0 Å². The largest absolute Gasteiger partial charge is 0.295 e. The van der Waals surface area contributed by atoms with E-state index in [1.54, 1.807) is 12.1 Å². The molecular weight excluding hydrogens is 325 g/mol. The van der Waals surface area contributed by atoms with Gasteiger partial charge in [0.15, 0.2) is 9.84 Å². The molecule has 0 aromatic heterocycles. The predicted octanol–water partition coefficient (Wildman–Crippen LogP) is 3.50. The molecule has 0 N–H and O–H groups in total. The molecule has 1 aliphatic heterocycles. The predicted molar refractivity (Wildman–Crippen MR) is 95.0 cm³/mol. The Labute approximate surface area is 143 Å². The van der Waals surface area contributed by atoms with Crippen molar-refractivity contribution < 1.29 is 12.8 Å². The number of benzene rings is 2. The van der Waals surface area contributed by atoms with E-state index in [1.165, 1.54) is 6.07 Å². The Bertz CT molecular complexity index is 802. The smallest absolute Gasteiger partial charge is 0.151 e. The van der Waals surface area contributed by atoms with Gasteiger partial charge in [-0.25, -0.2) is 12.8 Å². The van der Waals surface area contributed by atoms with E-state index in [9.17, 15) is 12.8 Å². The number of halogens is 1. The summed E-state index contributed by atoms with van der Waals surface area (Å²) in [4.78, 5) is 2.21. The Kier molecular flexibility index (Phi) is 5.01. The molecule has 5 heteroatoms. The van der Waals surface area contributed by atoms with Crippen LogP contribution in [0, 0.1) is 5.82 Å². The molecule has 1 fully saturated rings. The molecule has 0 saturated carbocycles. The van der Waals surface area contributed by atoms with Crippen molar-refractivity contribution in [3.05, 3.63) is 59.9 Å². The molecule has 3 rings (SSSR count). The zero-order chi connectivity index (χ0) is 17.2. The third-order valence-electron chi connectivity index (χ3n) is 4.66. The van der Waals surface area contributed by atoms with E-state index in [0.717, 1.165) is 17.7 Å². The standard InChI is InChI=1S/C19H22FNO2S/c1-2-21(17-11-12-24(22,23)14-17)13-15-7-9-16(10-8-15)18-5-3-4-6-19(18)20/h3-10,17H,2,11-14H2,1H3/t17-/m1/s1. The van der Waals surface area contributed by atoms with Crippen molar-refractivity contribution in [3.8, 4) is 11.1 Å². The minimum atomic E-state index is -2.87. The molecule has 3 nitrogen and oxygen atoms in total. The topological polar surface area (TPSA) is 37.4 Å². The van der Waals surface area contributed by atoms with Gasteiger partial charge >= 0.3 is 0 Å². The average Bonchev–Trinajstić information content (AvgIpc) is 2.93. The maximum absolute atomic E-state index is 13.9. The van der Waals surface area contributed by atoms with E-state index in [1.807, 2.05) is 30.3 Å². The van der Waals surface area contributed by atoms with Gasteiger partial charge in [0.25, 0.3) is 0 Å². The van der Waals surface area contributed by atoms with E-state index in [4.69, 9.17) is 0 Å². The minimum absolute atomic E-state index is 0.103. The summed E-state index contributed by atoms with van der Waals surface area (Å²) in [5.74, 6) is 0.325. The molecular formula is C19H22FNO2S. The van der Waals surface area contributed by atoms with E-state index in [2.05, 4.69) is 11.8 Å². The number of hydrogen-bond donors (Lipinski definition) is 0. The minimum Gasteiger partial charge on any atom is -0.295 e. The maximum atomic E-state index is 13.9. The lowest BCUT2D eigenvalue weighted by Gasteiger charge is -2.26. The third-order valence-corrected chi connectivity index (χ3v) is 6.41. The molecule has 0 unspecified atom stereocenters. The Balaban J connectivity index is 1.73. The van der Waals surface area contributed by atoms with E-state index < -0.39 is 9.84 Å². The van der Waals surface area contributed by atoms with Crippen LogP contribution in [0.3, 0.4) is 0 Å². The van der Waals surface area contributed by atoms with E-state index in [0.29, 0.717) is 24.3 Å². The van der Waals surface area contributed by atoms with Crippen LogP contribution >= 0.6 is 0 Å². The van der Waals surface area contributed by atoms with Crippen molar-refractivity contribution >= 4 is 9.84 Å². The number of rotatable bonds is 5. The Hall–Kier alpha value is -1.72. The highest BCUT2D eigenvalue weighted by Gasteiger charge is 2.31. The number of hydrogen-bond acceptors (Lipinski definition) is 3. The van der Waals surface area contributed by atoms with Crippen LogP contribution in [0.15, 0.2) is 48.5 Å². The summed E-state index contributed by atoms with van der Waals surface area (Å²) >= 11 is 0.